The van der Waals surface area contributed by atoms with Crippen LogP contribution in [0.1, 0.15) is 21.7 Å². The second-order valence-corrected chi connectivity index (χ2v) is 5.65. The molecule has 1 fully saturated rings. The average molecular weight is 307 g/mol. The molecule has 0 aromatic carbocycles. The van der Waals surface area contributed by atoms with Gasteiger partial charge in [0.2, 0.25) is 0 Å². The fourth-order valence-electron chi connectivity index (χ4n) is 2.14. The zero-order valence-electron chi connectivity index (χ0n) is 12.1. The monoisotopic (exact) mass is 307 g/mol. The fourth-order valence-corrected chi connectivity index (χ4v) is 2.90. The highest BCUT2D eigenvalue weighted by atomic mass is 32.1. The quantitative estimate of drug-likeness (QED) is 0.614. The average Bonchev–Trinajstić information content (AvgIpc) is 2.99. The standard InChI is InChI=1S/C15H21N3O2S/c16-5-1-3-13-4-12-21-14(13)15(19)17-6-2-7-18-8-10-20-11-9-18/h4,12H,2,5-11,16H2,(H,17,19). The zero-order valence-corrected chi connectivity index (χ0v) is 12.9. The smallest absolute Gasteiger partial charge is 0.262 e. The number of hydrogen-bond donors (Lipinski definition) is 2. The number of nitrogens with zero attached hydrogens (tertiary/aromatic N) is 1. The van der Waals surface area contributed by atoms with Gasteiger partial charge in [-0.15, -0.1) is 11.3 Å². The first-order chi connectivity index (χ1) is 10.3. The summed E-state index contributed by atoms with van der Waals surface area (Å²) in [4.78, 5) is 15.1. The molecular weight excluding hydrogens is 286 g/mol. The molecule has 0 saturated carbocycles. The van der Waals surface area contributed by atoms with Gasteiger partial charge in [0.05, 0.1) is 19.8 Å². The number of rotatable bonds is 5. The first-order valence-corrected chi connectivity index (χ1v) is 8.04. The first-order valence-electron chi connectivity index (χ1n) is 7.16. The minimum atomic E-state index is -0.0479. The molecule has 0 atom stereocenters. The van der Waals surface area contributed by atoms with Gasteiger partial charge in [0.15, 0.2) is 0 Å². The topological polar surface area (TPSA) is 67.6 Å². The van der Waals surface area contributed by atoms with Crippen LogP contribution in [0.2, 0.25) is 0 Å². The number of hydrogen-bond acceptors (Lipinski definition) is 5. The number of thiophene rings is 1. The number of nitrogens with two attached hydrogens (primary N) is 1. The van der Waals surface area contributed by atoms with Crippen LogP contribution in [0, 0.1) is 11.8 Å². The second-order valence-electron chi connectivity index (χ2n) is 4.73. The van der Waals surface area contributed by atoms with Crippen molar-refractivity contribution in [3.05, 3.63) is 21.9 Å². The lowest BCUT2D eigenvalue weighted by molar-refractivity contribution is 0.0374. The van der Waals surface area contributed by atoms with Gasteiger partial charge in [-0.3, -0.25) is 9.69 Å². The van der Waals surface area contributed by atoms with Gasteiger partial charge in [-0.05, 0) is 24.4 Å². The first kappa shape index (κ1) is 16.0. The Hall–Kier alpha value is -1.39. The predicted molar refractivity (Wildman–Crippen MR) is 84.5 cm³/mol. The molecule has 21 heavy (non-hydrogen) atoms. The Balaban J connectivity index is 1.73. The Bertz CT molecular complexity index is 512. The SMILES string of the molecule is NCC#Cc1ccsc1C(=O)NCCCN1CCOCC1. The fraction of sp³-hybridized carbons (Fsp3) is 0.533. The minimum absolute atomic E-state index is 0.0479. The number of morpholine rings is 1. The molecule has 2 heterocycles. The predicted octanol–water partition coefficient (Wildman–Crippen LogP) is 0.510. The number of ether oxygens (including phenoxy) is 1. The molecule has 2 rings (SSSR count). The van der Waals surface area contributed by atoms with Gasteiger partial charge >= 0.3 is 0 Å². The van der Waals surface area contributed by atoms with Crippen molar-refractivity contribution in [2.45, 2.75) is 6.42 Å². The maximum Gasteiger partial charge on any atom is 0.262 e. The van der Waals surface area contributed by atoms with Crippen LogP contribution in [0.15, 0.2) is 11.4 Å². The van der Waals surface area contributed by atoms with Gasteiger partial charge in [-0.25, -0.2) is 0 Å². The maximum absolute atomic E-state index is 12.1. The van der Waals surface area contributed by atoms with Crippen LogP contribution in [0.3, 0.4) is 0 Å². The molecule has 0 bridgehead atoms. The number of nitrogens with one attached hydrogen (secondary N) is 1. The summed E-state index contributed by atoms with van der Waals surface area (Å²) in [5, 5.41) is 4.83. The second kappa shape index (κ2) is 8.80. The summed E-state index contributed by atoms with van der Waals surface area (Å²) in [6, 6.07) is 1.86. The van der Waals surface area contributed by atoms with Gasteiger partial charge in [0.1, 0.15) is 4.88 Å². The molecule has 5 nitrogen and oxygen atoms in total. The minimum Gasteiger partial charge on any atom is -0.379 e. The molecule has 0 unspecified atom stereocenters. The van der Waals surface area contributed by atoms with E-state index in [1.165, 1.54) is 11.3 Å². The molecule has 0 aliphatic carbocycles. The van der Waals surface area contributed by atoms with Crippen molar-refractivity contribution in [3.63, 3.8) is 0 Å². The van der Waals surface area contributed by atoms with Crippen molar-refractivity contribution in [2.75, 3.05) is 45.9 Å². The van der Waals surface area contributed by atoms with E-state index in [4.69, 9.17) is 10.5 Å². The van der Waals surface area contributed by atoms with Crippen LogP contribution in [0.4, 0.5) is 0 Å². The summed E-state index contributed by atoms with van der Waals surface area (Å²) in [6.45, 7) is 5.56. The normalized spacial score (nSPS) is 15.3. The molecule has 0 spiro atoms. The summed E-state index contributed by atoms with van der Waals surface area (Å²) in [5.74, 6) is 5.66. The lowest BCUT2D eigenvalue weighted by Crippen LogP contribution is -2.38. The Kier molecular flexibility index (Phi) is 6.70. The van der Waals surface area contributed by atoms with Crippen LogP contribution < -0.4 is 11.1 Å². The lowest BCUT2D eigenvalue weighted by Gasteiger charge is -2.26. The van der Waals surface area contributed by atoms with Crippen molar-refractivity contribution in [2.24, 2.45) is 5.73 Å². The Morgan fingerprint density at radius 3 is 3.05 bits per heavy atom. The maximum atomic E-state index is 12.1. The summed E-state index contributed by atoms with van der Waals surface area (Å²) >= 11 is 1.41. The van der Waals surface area contributed by atoms with E-state index < -0.39 is 0 Å². The number of carbonyl (C=O) groups is 1. The van der Waals surface area contributed by atoms with Gasteiger partial charge < -0.3 is 15.8 Å². The Morgan fingerprint density at radius 1 is 1.48 bits per heavy atom. The van der Waals surface area contributed by atoms with Crippen LogP contribution >= 0.6 is 11.3 Å². The van der Waals surface area contributed by atoms with Crippen LogP contribution in [0.25, 0.3) is 0 Å². The lowest BCUT2D eigenvalue weighted by atomic mass is 10.2. The highest BCUT2D eigenvalue weighted by molar-refractivity contribution is 7.12. The molecule has 1 aliphatic heterocycles. The van der Waals surface area contributed by atoms with Crippen LogP contribution in [0.5, 0.6) is 0 Å². The summed E-state index contributed by atoms with van der Waals surface area (Å²) in [7, 11) is 0. The highest BCUT2D eigenvalue weighted by Crippen LogP contribution is 2.15. The van der Waals surface area contributed by atoms with E-state index in [9.17, 15) is 4.79 Å². The summed E-state index contributed by atoms with van der Waals surface area (Å²) in [5.41, 5.74) is 6.12. The number of carbonyl (C=O) groups excluding carboxylic acids is 1. The van der Waals surface area contributed by atoms with Gasteiger partial charge in [0.25, 0.3) is 5.91 Å². The van der Waals surface area contributed by atoms with Crippen molar-refractivity contribution < 1.29 is 9.53 Å². The van der Waals surface area contributed by atoms with Gasteiger partial charge in [-0.2, -0.15) is 0 Å². The molecular formula is C15H21N3O2S. The molecule has 0 radical (unpaired) electrons. The van der Waals surface area contributed by atoms with E-state index in [2.05, 4.69) is 22.1 Å². The molecule has 1 aromatic rings. The summed E-state index contributed by atoms with van der Waals surface area (Å²) < 4.78 is 5.31. The molecule has 1 aliphatic rings. The molecule has 1 aromatic heterocycles. The van der Waals surface area contributed by atoms with Gasteiger partial charge in [0, 0.05) is 25.2 Å². The van der Waals surface area contributed by atoms with Crippen molar-refractivity contribution in [3.8, 4) is 11.8 Å². The zero-order chi connectivity index (χ0) is 14.9. The van der Waals surface area contributed by atoms with Crippen molar-refractivity contribution in [1.29, 1.82) is 0 Å². The van der Waals surface area contributed by atoms with Gasteiger partial charge in [-0.1, -0.05) is 11.8 Å². The molecule has 1 saturated heterocycles. The molecule has 1 amide bonds. The number of amides is 1. The van der Waals surface area contributed by atoms with E-state index in [0.29, 0.717) is 18.0 Å². The molecule has 6 heteroatoms. The third-order valence-corrected chi connectivity index (χ3v) is 4.15. The van der Waals surface area contributed by atoms with E-state index in [1.807, 2.05) is 11.4 Å². The van der Waals surface area contributed by atoms with E-state index in [0.717, 1.165) is 44.8 Å². The molecule has 3 N–H and O–H groups in total. The molecule has 114 valence electrons. The third-order valence-electron chi connectivity index (χ3n) is 3.24. The Labute approximate surface area is 129 Å². The summed E-state index contributed by atoms with van der Waals surface area (Å²) in [6.07, 6.45) is 0.945. The van der Waals surface area contributed by atoms with Crippen LogP contribution in [-0.4, -0.2) is 56.7 Å². The highest BCUT2D eigenvalue weighted by Gasteiger charge is 2.12. The van der Waals surface area contributed by atoms with E-state index >= 15 is 0 Å². The Morgan fingerprint density at radius 2 is 2.29 bits per heavy atom. The van der Waals surface area contributed by atoms with Crippen molar-refractivity contribution in [1.82, 2.24) is 10.2 Å². The third kappa shape index (κ3) is 5.14. The largest absolute Gasteiger partial charge is 0.379 e. The van der Waals surface area contributed by atoms with E-state index in [-0.39, 0.29) is 5.91 Å². The van der Waals surface area contributed by atoms with E-state index in [1.54, 1.807) is 0 Å². The van der Waals surface area contributed by atoms with Crippen molar-refractivity contribution >= 4 is 17.2 Å². The van der Waals surface area contributed by atoms with Crippen LogP contribution in [-0.2, 0) is 4.74 Å².